The van der Waals surface area contributed by atoms with Gasteiger partial charge in [0, 0.05) is 6.04 Å². The number of nitrogens with zero attached hydrogens (tertiary/aromatic N) is 1. The second-order valence-corrected chi connectivity index (χ2v) is 5.16. The van der Waals surface area contributed by atoms with Crippen LogP contribution >= 0.6 is 0 Å². The molecule has 0 atom stereocenters. The Morgan fingerprint density at radius 2 is 1.57 bits per heavy atom. The second-order valence-electron chi connectivity index (χ2n) is 5.16. The second kappa shape index (κ2) is 5.73. The first-order valence-corrected chi connectivity index (χ1v) is 6.53. The summed E-state index contributed by atoms with van der Waals surface area (Å²) in [7, 11) is 0. The van der Waals surface area contributed by atoms with E-state index in [4.69, 9.17) is 0 Å². The van der Waals surface area contributed by atoms with Crippen molar-refractivity contribution in [3.63, 3.8) is 0 Å². The molecule has 1 saturated carbocycles. The Bertz CT molecular complexity index is 457. The molecule has 0 spiro atoms. The van der Waals surface area contributed by atoms with Crippen LogP contribution in [-0.4, -0.2) is 17.2 Å². The molecule has 0 bridgehead atoms. The summed E-state index contributed by atoms with van der Waals surface area (Å²) in [5, 5.41) is 2.93. The van der Waals surface area contributed by atoms with Crippen LogP contribution in [0.4, 0.5) is 32.0 Å². The molecule has 1 aliphatic carbocycles. The van der Waals surface area contributed by atoms with E-state index in [0.717, 1.165) is 12.3 Å². The van der Waals surface area contributed by atoms with Gasteiger partial charge in [0.2, 0.25) is 0 Å². The van der Waals surface area contributed by atoms with Gasteiger partial charge in [0.1, 0.15) is 5.69 Å². The van der Waals surface area contributed by atoms with Gasteiger partial charge in [-0.2, -0.15) is 26.3 Å². The van der Waals surface area contributed by atoms with Crippen LogP contribution in [0.3, 0.4) is 0 Å². The number of pyridine rings is 1. The maximum atomic E-state index is 12.5. The summed E-state index contributed by atoms with van der Waals surface area (Å²) >= 11 is 0. The number of nitrogens with one attached hydrogen (secondary N) is 1. The molecule has 21 heavy (non-hydrogen) atoms. The summed E-state index contributed by atoms with van der Waals surface area (Å²) < 4.78 is 74.6. The third-order valence-electron chi connectivity index (χ3n) is 3.61. The Morgan fingerprint density at radius 3 is 2.00 bits per heavy atom. The van der Waals surface area contributed by atoms with Crippen molar-refractivity contribution in [2.45, 2.75) is 44.1 Å². The molecule has 1 N–H and O–H groups in total. The molecule has 0 amide bonds. The van der Waals surface area contributed by atoms with Gasteiger partial charge in [0.05, 0.1) is 17.8 Å². The van der Waals surface area contributed by atoms with Gasteiger partial charge < -0.3 is 5.32 Å². The fraction of sp³-hybridized carbons (Fsp3) is 0.615. The van der Waals surface area contributed by atoms with Gasteiger partial charge in [-0.15, -0.1) is 0 Å². The molecule has 2 rings (SSSR count). The maximum absolute atomic E-state index is 12.5. The number of anilines is 1. The van der Waals surface area contributed by atoms with Crippen molar-refractivity contribution in [1.29, 1.82) is 0 Å². The number of rotatable bonds is 2. The smallest absolute Gasteiger partial charge is 0.381 e. The van der Waals surface area contributed by atoms with E-state index in [9.17, 15) is 26.3 Å². The Morgan fingerprint density at radius 1 is 0.952 bits per heavy atom. The van der Waals surface area contributed by atoms with Gasteiger partial charge >= 0.3 is 12.4 Å². The predicted octanol–water partition coefficient (Wildman–Crippen LogP) is 4.63. The summed E-state index contributed by atoms with van der Waals surface area (Å²) in [5.41, 5.74) is -0.604. The zero-order valence-electron chi connectivity index (χ0n) is 10.9. The highest BCUT2D eigenvalue weighted by atomic mass is 19.4. The average molecular weight is 312 g/mol. The van der Waals surface area contributed by atoms with E-state index in [-0.39, 0.29) is 18.9 Å². The van der Waals surface area contributed by atoms with E-state index < -0.39 is 24.0 Å². The van der Waals surface area contributed by atoms with Crippen molar-refractivity contribution in [1.82, 2.24) is 4.98 Å². The molecular formula is C13H14F6N2. The quantitative estimate of drug-likeness (QED) is 0.805. The van der Waals surface area contributed by atoms with Gasteiger partial charge in [-0.25, -0.2) is 4.98 Å². The predicted molar refractivity (Wildman–Crippen MR) is 64.7 cm³/mol. The minimum Gasteiger partial charge on any atom is -0.381 e. The van der Waals surface area contributed by atoms with Crippen LogP contribution in [-0.2, 0) is 6.18 Å². The van der Waals surface area contributed by atoms with Gasteiger partial charge in [0.15, 0.2) is 0 Å². The average Bonchev–Trinajstić information content (AvgIpc) is 2.38. The van der Waals surface area contributed by atoms with Crippen LogP contribution in [0.1, 0.15) is 31.4 Å². The van der Waals surface area contributed by atoms with Crippen LogP contribution in [0.5, 0.6) is 0 Å². The molecular weight excluding hydrogens is 298 g/mol. The maximum Gasteiger partial charge on any atom is 0.433 e. The van der Waals surface area contributed by atoms with Gasteiger partial charge in [-0.05, 0) is 37.8 Å². The molecule has 0 aliphatic heterocycles. The first kappa shape index (κ1) is 15.9. The zero-order chi connectivity index (χ0) is 15.7. The van der Waals surface area contributed by atoms with E-state index in [1.807, 2.05) is 0 Å². The van der Waals surface area contributed by atoms with Crippen LogP contribution in [0.2, 0.25) is 0 Å². The zero-order valence-corrected chi connectivity index (χ0v) is 10.9. The highest BCUT2D eigenvalue weighted by Gasteiger charge is 2.41. The summed E-state index contributed by atoms with van der Waals surface area (Å²) in [6, 6.07) is 1.93. The van der Waals surface area contributed by atoms with Crippen LogP contribution in [0, 0.1) is 5.92 Å². The third-order valence-corrected chi connectivity index (χ3v) is 3.61. The first-order valence-electron chi connectivity index (χ1n) is 6.53. The van der Waals surface area contributed by atoms with Crippen molar-refractivity contribution in [2.75, 3.05) is 5.32 Å². The normalized spacial score (nSPS) is 23.9. The Balaban J connectivity index is 1.89. The van der Waals surface area contributed by atoms with Crippen molar-refractivity contribution in [3.8, 4) is 0 Å². The highest BCUT2D eigenvalue weighted by molar-refractivity contribution is 5.42. The Kier molecular flexibility index (Phi) is 4.34. The van der Waals surface area contributed by atoms with E-state index in [0.29, 0.717) is 18.5 Å². The van der Waals surface area contributed by atoms with Gasteiger partial charge in [-0.3, -0.25) is 0 Å². The van der Waals surface area contributed by atoms with Crippen molar-refractivity contribution < 1.29 is 26.3 Å². The molecule has 1 heterocycles. The van der Waals surface area contributed by atoms with E-state index in [1.165, 1.54) is 6.07 Å². The van der Waals surface area contributed by atoms with Crippen molar-refractivity contribution >= 4 is 5.69 Å². The number of alkyl halides is 6. The first-order chi connectivity index (χ1) is 9.66. The lowest BCUT2D eigenvalue weighted by molar-refractivity contribution is -0.182. The summed E-state index contributed by atoms with van der Waals surface area (Å²) in [6.45, 7) is 0. The lowest BCUT2D eigenvalue weighted by Crippen LogP contribution is -2.32. The van der Waals surface area contributed by atoms with E-state index in [2.05, 4.69) is 10.3 Å². The standard InChI is InChI=1S/C13H14F6N2/c14-12(15,16)8-1-3-9(4-2-8)21-10-5-6-11(20-7-10)13(17,18)19/h5-9,21H,1-4H2. The lowest BCUT2D eigenvalue weighted by Gasteiger charge is -2.30. The number of halogens is 6. The molecule has 0 saturated heterocycles. The molecule has 0 unspecified atom stereocenters. The molecule has 1 fully saturated rings. The minimum atomic E-state index is -4.50. The largest absolute Gasteiger partial charge is 0.433 e. The Hall–Kier alpha value is -1.47. The minimum absolute atomic E-state index is 0.0369. The molecule has 0 radical (unpaired) electrons. The monoisotopic (exact) mass is 312 g/mol. The lowest BCUT2D eigenvalue weighted by atomic mass is 9.85. The van der Waals surface area contributed by atoms with Gasteiger partial charge in [-0.1, -0.05) is 0 Å². The number of hydrogen-bond donors (Lipinski definition) is 1. The van der Waals surface area contributed by atoms with Crippen LogP contribution in [0.25, 0.3) is 0 Å². The van der Waals surface area contributed by atoms with Crippen molar-refractivity contribution in [3.05, 3.63) is 24.0 Å². The third kappa shape index (κ3) is 4.25. The number of hydrogen-bond acceptors (Lipinski definition) is 2. The Labute approximate surface area is 117 Å². The molecule has 0 aromatic carbocycles. The topological polar surface area (TPSA) is 24.9 Å². The van der Waals surface area contributed by atoms with Crippen molar-refractivity contribution in [2.24, 2.45) is 5.92 Å². The molecule has 8 heteroatoms. The molecule has 118 valence electrons. The molecule has 1 aromatic heterocycles. The SMILES string of the molecule is FC(F)(F)c1ccc(NC2CCC(C(F)(F)F)CC2)cn1. The summed E-state index contributed by atoms with van der Waals surface area (Å²) in [6.07, 6.45) is -6.86. The molecule has 1 aliphatic rings. The van der Waals surface area contributed by atoms with E-state index >= 15 is 0 Å². The summed E-state index contributed by atoms with van der Waals surface area (Å²) in [4.78, 5) is 3.30. The van der Waals surface area contributed by atoms with Crippen LogP contribution in [0.15, 0.2) is 18.3 Å². The van der Waals surface area contributed by atoms with Crippen LogP contribution < -0.4 is 5.32 Å². The number of aromatic nitrogens is 1. The summed E-state index contributed by atoms with van der Waals surface area (Å²) in [5.74, 6) is -1.28. The van der Waals surface area contributed by atoms with Gasteiger partial charge in [0.25, 0.3) is 0 Å². The van der Waals surface area contributed by atoms with E-state index in [1.54, 1.807) is 0 Å². The fourth-order valence-electron chi connectivity index (χ4n) is 2.45. The molecule has 2 nitrogen and oxygen atoms in total. The highest BCUT2D eigenvalue weighted by Crippen LogP contribution is 2.38. The fourth-order valence-corrected chi connectivity index (χ4v) is 2.45. The molecule has 1 aromatic rings.